The van der Waals surface area contributed by atoms with Crippen molar-refractivity contribution in [3.8, 4) is 5.75 Å². The van der Waals surface area contributed by atoms with Crippen molar-refractivity contribution in [1.29, 1.82) is 0 Å². The molecule has 0 amide bonds. The van der Waals surface area contributed by atoms with Crippen LogP contribution in [0.25, 0.3) is 0 Å². The van der Waals surface area contributed by atoms with E-state index in [4.69, 9.17) is 4.74 Å². The molecule has 1 heterocycles. The van der Waals surface area contributed by atoms with Gasteiger partial charge < -0.3 is 10.1 Å². The predicted octanol–water partition coefficient (Wildman–Crippen LogP) is 2.52. The van der Waals surface area contributed by atoms with Crippen LogP contribution in [0.4, 0.5) is 0 Å². The first kappa shape index (κ1) is 13.4. The maximum atomic E-state index is 5.44. The Kier molecular flexibility index (Phi) is 4.27. The number of aromatic nitrogens is 2. The molecule has 1 atom stereocenters. The fourth-order valence-electron chi connectivity index (χ4n) is 3.15. The van der Waals surface area contributed by atoms with E-state index in [1.54, 1.807) is 7.11 Å². The van der Waals surface area contributed by atoms with Gasteiger partial charge in [-0.05, 0) is 31.7 Å². The maximum Gasteiger partial charge on any atom is 0.161 e. The lowest BCUT2D eigenvalue weighted by Crippen LogP contribution is -2.30. The van der Waals surface area contributed by atoms with Crippen molar-refractivity contribution in [3.63, 3.8) is 0 Å². The van der Waals surface area contributed by atoms with E-state index < -0.39 is 0 Å². The molecule has 0 bridgehead atoms. The number of nitrogens with zero attached hydrogens (tertiary/aromatic N) is 2. The Labute approximate surface area is 110 Å². The first-order valence-electron chi connectivity index (χ1n) is 6.90. The molecule has 1 aromatic heterocycles. The summed E-state index contributed by atoms with van der Waals surface area (Å²) in [7, 11) is 5.75. The highest BCUT2D eigenvalue weighted by molar-refractivity contribution is 5.28. The van der Waals surface area contributed by atoms with Crippen LogP contribution in [0, 0.1) is 11.8 Å². The molecular formula is C14H25N3O. The summed E-state index contributed by atoms with van der Waals surface area (Å²) in [6.45, 7) is 2.36. The second-order valence-electron chi connectivity index (χ2n) is 5.51. The maximum absolute atomic E-state index is 5.44. The Balaban J connectivity index is 2.19. The topological polar surface area (TPSA) is 39.1 Å². The molecule has 1 fully saturated rings. The Morgan fingerprint density at radius 1 is 1.39 bits per heavy atom. The molecule has 102 valence electrons. The van der Waals surface area contributed by atoms with Gasteiger partial charge in [-0.2, -0.15) is 5.10 Å². The summed E-state index contributed by atoms with van der Waals surface area (Å²) in [6.07, 6.45) is 7.07. The van der Waals surface area contributed by atoms with Crippen LogP contribution in [-0.2, 0) is 7.05 Å². The van der Waals surface area contributed by atoms with Gasteiger partial charge in [0.05, 0.1) is 25.0 Å². The molecular weight excluding hydrogens is 226 g/mol. The van der Waals surface area contributed by atoms with Gasteiger partial charge in [0.2, 0.25) is 0 Å². The van der Waals surface area contributed by atoms with Crippen LogP contribution in [0.3, 0.4) is 0 Å². The molecule has 1 aliphatic rings. The zero-order valence-corrected chi connectivity index (χ0v) is 11.9. The Morgan fingerprint density at radius 3 is 2.61 bits per heavy atom. The molecule has 1 saturated carbocycles. The first-order valence-corrected chi connectivity index (χ1v) is 6.90. The summed E-state index contributed by atoms with van der Waals surface area (Å²) in [6, 6.07) is 0.347. The Morgan fingerprint density at radius 2 is 2.06 bits per heavy atom. The van der Waals surface area contributed by atoms with Crippen LogP contribution < -0.4 is 10.1 Å². The monoisotopic (exact) mass is 251 g/mol. The van der Waals surface area contributed by atoms with Crippen molar-refractivity contribution < 1.29 is 4.74 Å². The van der Waals surface area contributed by atoms with E-state index >= 15 is 0 Å². The van der Waals surface area contributed by atoms with E-state index in [9.17, 15) is 0 Å². The largest absolute Gasteiger partial charge is 0.493 e. The van der Waals surface area contributed by atoms with Gasteiger partial charge in [0.25, 0.3) is 0 Å². The molecule has 18 heavy (non-hydrogen) atoms. The highest BCUT2D eigenvalue weighted by atomic mass is 16.5. The van der Waals surface area contributed by atoms with Crippen LogP contribution in [0.5, 0.6) is 5.75 Å². The minimum atomic E-state index is 0.347. The SMILES string of the molecule is CNC(c1c(OC)cnn1C)C1CCC(C)CC1. The van der Waals surface area contributed by atoms with Gasteiger partial charge in [-0.1, -0.05) is 19.8 Å². The number of aryl methyl sites for hydroxylation is 1. The van der Waals surface area contributed by atoms with Gasteiger partial charge in [-0.3, -0.25) is 4.68 Å². The Bertz CT molecular complexity index is 380. The highest BCUT2D eigenvalue weighted by Gasteiger charge is 2.30. The lowest BCUT2D eigenvalue weighted by atomic mass is 9.78. The third-order valence-corrected chi connectivity index (χ3v) is 4.31. The van der Waals surface area contributed by atoms with Gasteiger partial charge in [0.1, 0.15) is 0 Å². The van der Waals surface area contributed by atoms with Crippen LogP contribution in [0.1, 0.15) is 44.3 Å². The second kappa shape index (κ2) is 5.74. The predicted molar refractivity (Wildman–Crippen MR) is 72.7 cm³/mol. The van der Waals surface area contributed by atoms with Gasteiger partial charge in [0.15, 0.2) is 5.75 Å². The van der Waals surface area contributed by atoms with Crippen molar-refractivity contribution in [2.24, 2.45) is 18.9 Å². The van der Waals surface area contributed by atoms with Crippen molar-refractivity contribution in [2.75, 3.05) is 14.2 Å². The lowest BCUT2D eigenvalue weighted by Gasteiger charge is -2.32. The lowest BCUT2D eigenvalue weighted by molar-refractivity contribution is 0.228. The standard InChI is InChI=1S/C14H25N3O/c1-10-5-7-11(8-6-10)13(15-2)14-12(18-4)9-16-17(14)3/h9-11,13,15H,5-8H2,1-4H3. The third kappa shape index (κ3) is 2.53. The van der Waals surface area contributed by atoms with E-state index in [1.165, 1.54) is 31.4 Å². The molecule has 4 nitrogen and oxygen atoms in total. The third-order valence-electron chi connectivity index (χ3n) is 4.31. The average molecular weight is 251 g/mol. The second-order valence-corrected chi connectivity index (χ2v) is 5.51. The Hall–Kier alpha value is -1.03. The van der Waals surface area contributed by atoms with Crippen LogP contribution in [-0.4, -0.2) is 23.9 Å². The molecule has 1 unspecified atom stereocenters. The van der Waals surface area contributed by atoms with Crippen molar-refractivity contribution in [3.05, 3.63) is 11.9 Å². The number of methoxy groups -OCH3 is 1. The fraction of sp³-hybridized carbons (Fsp3) is 0.786. The normalized spacial score (nSPS) is 26.0. The molecule has 0 saturated heterocycles. The number of hydrogen-bond donors (Lipinski definition) is 1. The molecule has 1 aliphatic carbocycles. The molecule has 0 radical (unpaired) electrons. The van der Waals surface area contributed by atoms with Crippen molar-refractivity contribution in [1.82, 2.24) is 15.1 Å². The van der Waals surface area contributed by atoms with E-state index in [2.05, 4.69) is 17.3 Å². The minimum Gasteiger partial charge on any atom is -0.493 e. The van der Waals surface area contributed by atoms with Crippen LogP contribution in [0.2, 0.25) is 0 Å². The van der Waals surface area contributed by atoms with E-state index in [0.717, 1.165) is 11.7 Å². The zero-order chi connectivity index (χ0) is 13.1. The van der Waals surface area contributed by atoms with Gasteiger partial charge in [-0.25, -0.2) is 0 Å². The summed E-state index contributed by atoms with van der Waals surface area (Å²) in [5.74, 6) is 2.47. The van der Waals surface area contributed by atoms with Crippen molar-refractivity contribution in [2.45, 2.75) is 38.6 Å². The average Bonchev–Trinajstić information content (AvgIpc) is 2.74. The minimum absolute atomic E-state index is 0.347. The first-order chi connectivity index (χ1) is 8.67. The smallest absolute Gasteiger partial charge is 0.161 e. The summed E-state index contributed by atoms with van der Waals surface area (Å²) >= 11 is 0. The summed E-state index contributed by atoms with van der Waals surface area (Å²) in [5.41, 5.74) is 1.18. The van der Waals surface area contributed by atoms with Crippen LogP contribution in [0.15, 0.2) is 6.20 Å². The van der Waals surface area contributed by atoms with E-state index in [-0.39, 0.29) is 0 Å². The molecule has 2 rings (SSSR count). The summed E-state index contributed by atoms with van der Waals surface area (Å²) in [4.78, 5) is 0. The number of nitrogens with one attached hydrogen (secondary N) is 1. The molecule has 1 aromatic rings. The highest BCUT2D eigenvalue weighted by Crippen LogP contribution is 2.38. The van der Waals surface area contributed by atoms with E-state index in [0.29, 0.717) is 12.0 Å². The number of rotatable bonds is 4. The van der Waals surface area contributed by atoms with E-state index in [1.807, 2.05) is 25.0 Å². The fourth-order valence-corrected chi connectivity index (χ4v) is 3.15. The molecule has 0 spiro atoms. The van der Waals surface area contributed by atoms with Gasteiger partial charge in [-0.15, -0.1) is 0 Å². The van der Waals surface area contributed by atoms with Gasteiger partial charge >= 0.3 is 0 Å². The number of ether oxygens (including phenoxy) is 1. The number of hydrogen-bond acceptors (Lipinski definition) is 3. The van der Waals surface area contributed by atoms with Gasteiger partial charge in [0, 0.05) is 7.05 Å². The summed E-state index contributed by atoms with van der Waals surface area (Å²) in [5, 5.41) is 7.78. The molecule has 1 N–H and O–H groups in total. The molecule has 0 aromatic carbocycles. The summed E-state index contributed by atoms with van der Waals surface area (Å²) < 4.78 is 7.38. The quantitative estimate of drug-likeness (QED) is 0.893. The van der Waals surface area contributed by atoms with Crippen molar-refractivity contribution >= 4 is 0 Å². The van der Waals surface area contributed by atoms with Crippen LogP contribution >= 0.6 is 0 Å². The molecule has 0 aliphatic heterocycles. The zero-order valence-electron chi connectivity index (χ0n) is 11.9. The molecule has 4 heteroatoms.